The van der Waals surface area contributed by atoms with E-state index in [0.717, 1.165) is 15.4 Å². The molecule has 0 spiro atoms. The van der Waals surface area contributed by atoms with Crippen molar-refractivity contribution in [3.63, 3.8) is 0 Å². The quantitative estimate of drug-likeness (QED) is 0.758. The molecule has 0 saturated carbocycles. The Morgan fingerprint density at radius 1 is 1.42 bits per heavy atom. The Kier molecular flexibility index (Phi) is 4.58. The Labute approximate surface area is 124 Å². The molecule has 5 heteroatoms. The van der Waals surface area contributed by atoms with Crippen molar-refractivity contribution in [3.8, 4) is 0 Å². The molecule has 0 fully saturated rings. The van der Waals surface area contributed by atoms with E-state index < -0.39 is 0 Å². The van der Waals surface area contributed by atoms with Gasteiger partial charge in [0.25, 0.3) is 5.91 Å². The van der Waals surface area contributed by atoms with E-state index >= 15 is 0 Å². The topological polar surface area (TPSA) is 20.3 Å². The Hall–Kier alpha value is -0.940. The number of benzene rings is 1. The average molecular weight is 344 g/mol. The number of nitrogens with zero attached hydrogens (tertiary/aromatic N) is 1. The molecule has 1 heterocycles. The molecular formula is C14H15BrFNOS. The molecule has 0 atom stereocenters. The minimum atomic E-state index is -0.269. The lowest BCUT2D eigenvalue weighted by molar-refractivity contribution is 0.0724. The van der Waals surface area contributed by atoms with Crippen molar-refractivity contribution >= 4 is 43.3 Å². The molecule has 1 aromatic carbocycles. The second-order valence-electron chi connectivity index (χ2n) is 4.57. The lowest BCUT2D eigenvalue weighted by atomic mass is 10.2. The van der Waals surface area contributed by atoms with Crippen LogP contribution in [-0.4, -0.2) is 28.7 Å². The molecule has 0 unspecified atom stereocenters. The number of hydrogen-bond donors (Lipinski definition) is 0. The molecule has 19 heavy (non-hydrogen) atoms. The van der Waals surface area contributed by atoms with Crippen LogP contribution < -0.4 is 0 Å². The lowest BCUT2D eigenvalue weighted by Gasteiger charge is -2.25. The zero-order valence-corrected chi connectivity index (χ0v) is 13.2. The lowest BCUT2D eigenvalue weighted by Crippen LogP contribution is -2.37. The summed E-state index contributed by atoms with van der Waals surface area (Å²) in [6.07, 6.45) is 0. The summed E-state index contributed by atoms with van der Waals surface area (Å²) in [6, 6.07) is 6.59. The van der Waals surface area contributed by atoms with Gasteiger partial charge in [0, 0.05) is 22.6 Å². The van der Waals surface area contributed by atoms with E-state index in [4.69, 9.17) is 0 Å². The van der Waals surface area contributed by atoms with E-state index in [1.54, 1.807) is 6.07 Å². The van der Waals surface area contributed by atoms with Gasteiger partial charge in [0.2, 0.25) is 0 Å². The summed E-state index contributed by atoms with van der Waals surface area (Å²) >= 11 is 4.71. The molecule has 102 valence electrons. The van der Waals surface area contributed by atoms with Gasteiger partial charge in [-0.25, -0.2) is 4.39 Å². The molecule has 1 amide bonds. The number of amides is 1. The fourth-order valence-electron chi connectivity index (χ4n) is 1.94. The molecule has 0 radical (unpaired) electrons. The third-order valence-corrected chi connectivity index (χ3v) is 4.34. The first-order valence-corrected chi connectivity index (χ1v) is 8.02. The SMILES string of the molecule is CC(C)N(CCBr)C(=O)c1cc2ccc(F)cc2s1. The molecule has 0 aliphatic heterocycles. The van der Waals surface area contributed by atoms with E-state index in [2.05, 4.69) is 15.9 Å². The van der Waals surface area contributed by atoms with Crippen molar-refractivity contribution < 1.29 is 9.18 Å². The molecule has 0 saturated heterocycles. The van der Waals surface area contributed by atoms with Gasteiger partial charge in [-0.1, -0.05) is 22.0 Å². The maximum atomic E-state index is 13.2. The highest BCUT2D eigenvalue weighted by Crippen LogP contribution is 2.27. The van der Waals surface area contributed by atoms with Crippen LogP contribution >= 0.6 is 27.3 Å². The molecule has 0 aliphatic rings. The third kappa shape index (κ3) is 3.15. The fraction of sp³-hybridized carbons (Fsp3) is 0.357. The highest BCUT2D eigenvalue weighted by atomic mass is 79.9. The smallest absolute Gasteiger partial charge is 0.264 e. The highest BCUT2D eigenvalue weighted by Gasteiger charge is 2.20. The van der Waals surface area contributed by atoms with Crippen molar-refractivity contribution in [2.24, 2.45) is 0 Å². The molecular weight excluding hydrogens is 329 g/mol. The molecule has 1 aromatic heterocycles. The number of hydrogen-bond acceptors (Lipinski definition) is 2. The Morgan fingerprint density at radius 3 is 2.79 bits per heavy atom. The summed E-state index contributed by atoms with van der Waals surface area (Å²) in [7, 11) is 0. The second-order valence-corrected chi connectivity index (χ2v) is 6.45. The van der Waals surface area contributed by atoms with Gasteiger partial charge in [-0.15, -0.1) is 11.3 Å². The average Bonchev–Trinajstić information content (AvgIpc) is 2.77. The minimum absolute atomic E-state index is 0.0102. The summed E-state index contributed by atoms with van der Waals surface area (Å²) in [6.45, 7) is 4.65. The van der Waals surface area contributed by atoms with Crippen LogP contribution in [0.5, 0.6) is 0 Å². The van der Waals surface area contributed by atoms with E-state index in [9.17, 15) is 9.18 Å². The molecule has 0 N–H and O–H groups in total. The standard InChI is InChI=1S/C14H15BrFNOS/c1-9(2)17(6-5-15)14(18)13-7-10-3-4-11(16)8-12(10)19-13/h3-4,7-9H,5-6H2,1-2H3. The second kappa shape index (κ2) is 6.01. The maximum Gasteiger partial charge on any atom is 0.264 e. The number of carbonyl (C=O) groups excluding carboxylic acids is 1. The maximum absolute atomic E-state index is 13.2. The van der Waals surface area contributed by atoms with E-state index in [1.165, 1.54) is 23.5 Å². The van der Waals surface area contributed by atoms with Crippen LogP contribution in [0.2, 0.25) is 0 Å². The predicted molar refractivity (Wildman–Crippen MR) is 81.7 cm³/mol. The molecule has 2 rings (SSSR count). The van der Waals surface area contributed by atoms with E-state index in [-0.39, 0.29) is 17.8 Å². The first-order valence-electron chi connectivity index (χ1n) is 6.09. The van der Waals surface area contributed by atoms with Gasteiger partial charge in [-0.2, -0.15) is 0 Å². The monoisotopic (exact) mass is 343 g/mol. The summed E-state index contributed by atoms with van der Waals surface area (Å²) in [5.74, 6) is -0.259. The van der Waals surface area contributed by atoms with Crippen molar-refractivity contribution in [3.05, 3.63) is 35.0 Å². The van der Waals surface area contributed by atoms with Crippen LogP contribution in [0.25, 0.3) is 10.1 Å². The fourth-order valence-corrected chi connectivity index (χ4v) is 3.36. The summed E-state index contributed by atoms with van der Waals surface area (Å²) in [5, 5.41) is 1.66. The number of fused-ring (bicyclic) bond motifs is 1. The van der Waals surface area contributed by atoms with Crippen molar-refractivity contribution in [2.75, 3.05) is 11.9 Å². The molecule has 2 aromatic rings. The van der Waals surface area contributed by atoms with Gasteiger partial charge in [0.1, 0.15) is 5.82 Å². The van der Waals surface area contributed by atoms with E-state index in [0.29, 0.717) is 11.4 Å². The number of halogens is 2. The van der Waals surface area contributed by atoms with Gasteiger partial charge in [-0.3, -0.25) is 4.79 Å². The Balaban J connectivity index is 2.34. The van der Waals surface area contributed by atoms with Gasteiger partial charge >= 0.3 is 0 Å². The molecule has 2 nitrogen and oxygen atoms in total. The Morgan fingerprint density at radius 2 is 2.16 bits per heavy atom. The summed E-state index contributed by atoms with van der Waals surface area (Å²) in [5.41, 5.74) is 0. The number of alkyl halides is 1. The van der Waals surface area contributed by atoms with Gasteiger partial charge in [-0.05, 0) is 37.4 Å². The van der Waals surface area contributed by atoms with Gasteiger partial charge in [0.15, 0.2) is 0 Å². The van der Waals surface area contributed by atoms with Crippen LogP contribution in [0, 0.1) is 5.82 Å². The number of thiophene rings is 1. The number of carbonyl (C=O) groups is 1. The van der Waals surface area contributed by atoms with Gasteiger partial charge < -0.3 is 4.90 Å². The zero-order chi connectivity index (χ0) is 14.0. The third-order valence-electron chi connectivity index (χ3n) is 2.90. The predicted octanol–water partition coefficient (Wildman–Crippen LogP) is 4.29. The van der Waals surface area contributed by atoms with Crippen molar-refractivity contribution in [2.45, 2.75) is 19.9 Å². The number of rotatable bonds is 4. The Bertz CT molecular complexity index is 596. The van der Waals surface area contributed by atoms with Crippen molar-refractivity contribution in [1.82, 2.24) is 4.90 Å². The van der Waals surface area contributed by atoms with Crippen molar-refractivity contribution in [1.29, 1.82) is 0 Å². The first-order chi connectivity index (χ1) is 9.02. The molecule has 0 aliphatic carbocycles. The van der Waals surface area contributed by atoms with Crippen LogP contribution in [-0.2, 0) is 0 Å². The van der Waals surface area contributed by atoms with Crippen LogP contribution in [0.3, 0.4) is 0 Å². The van der Waals surface area contributed by atoms with Crippen LogP contribution in [0.4, 0.5) is 4.39 Å². The first kappa shape index (κ1) is 14.5. The minimum Gasteiger partial charge on any atom is -0.335 e. The largest absolute Gasteiger partial charge is 0.335 e. The van der Waals surface area contributed by atoms with Crippen LogP contribution in [0.15, 0.2) is 24.3 Å². The highest BCUT2D eigenvalue weighted by molar-refractivity contribution is 9.09. The van der Waals surface area contributed by atoms with E-state index in [1.807, 2.05) is 24.8 Å². The molecule has 0 bridgehead atoms. The zero-order valence-electron chi connectivity index (χ0n) is 10.8. The van der Waals surface area contributed by atoms with Crippen LogP contribution in [0.1, 0.15) is 23.5 Å². The summed E-state index contributed by atoms with van der Waals surface area (Å²) in [4.78, 5) is 14.9. The summed E-state index contributed by atoms with van der Waals surface area (Å²) < 4.78 is 14.0. The van der Waals surface area contributed by atoms with Gasteiger partial charge in [0.05, 0.1) is 4.88 Å². The normalized spacial score (nSPS) is 11.2.